The summed E-state index contributed by atoms with van der Waals surface area (Å²) in [5.74, 6) is 0. The van der Waals surface area contributed by atoms with Crippen molar-refractivity contribution < 1.29 is 17.2 Å². The first-order valence-electron chi connectivity index (χ1n) is 4.20. The topological polar surface area (TPSA) is 34.1 Å². The summed E-state index contributed by atoms with van der Waals surface area (Å²) in [6.07, 6.45) is 0.242. The van der Waals surface area contributed by atoms with E-state index in [1.165, 1.54) is 12.1 Å². The molecule has 0 aliphatic heterocycles. The van der Waals surface area contributed by atoms with E-state index in [4.69, 9.17) is 0 Å². The number of alkyl halides is 1. The minimum atomic E-state index is -4.11. The number of aryl methyl sites for hydroxylation is 1. The largest absolute Gasteiger partial charge is 0.226 e. The Hall–Kier alpha value is -1.23. The van der Waals surface area contributed by atoms with E-state index in [2.05, 4.69) is 0 Å². The molecular formula is C10H10F2O2S. The molecule has 0 saturated carbocycles. The molecule has 5 heteroatoms. The Morgan fingerprint density at radius 2 is 1.80 bits per heavy atom. The Labute approximate surface area is 87.2 Å². The lowest BCUT2D eigenvalue weighted by molar-refractivity contribution is 0.469. The maximum absolute atomic E-state index is 13.1. The zero-order valence-electron chi connectivity index (χ0n) is 8.02. The predicted molar refractivity (Wildman–Crippen MR) is 53.5 cm³/mol. The van der Waals surface area contributed by atoms with Crippen LogP contribution >= 0.6 is 0 Å². The van der Waals surface area contributed by atoms with Gasteiger partial charge in [-0.15, -0.1) is 0 Å². The van der Waals surface area contributed by atoms with Crippen LogP contribution in [0.1, 0.15) is 5.56 Å². The van der Waals surface area contributed by atoms with E-state index in [1.54, 1.807) is 19.1 Å². The van der Waals surface area contributed by atoms with Crippen molar-refractivity contribution >= 4 is 9.84 Å². The second kappa shape index (κ2) is 4.53. The molecule has 82 valence electrons. The molecule has 2 nitrogen and oxygen atoms in total. The zero-order chi connectivity index (χ0) is 11.5. The standard InChI is InChI=1S/C10H10F2O2S/c1-8-2-4-9(5-3-8)15(13,14)10(12)6-7-11/h2-7,10H,1H3/b7-6+. The number of benzene rings is 1. The summed E-state index contributed by atoms with van der Waals surface area (Å²) in [7, 11) is -4.11. The molecule has 0 aliphatic carbocycles. The van der Waals surface area contributed by atoms with Crippen LogP contribution in [-0.4, -0.2) is 13.9 Å². The molecule has 0 bridgehead atoms. The van der Waals surface area contributed by atoms with Crippen LogP contribution in [0, 0.1) is 6.92 Å². The van der Waals surface area contributed by atoms with Gasteiger partial charge in [-0.2, -0.15) is 0 Å². The highest BCUT2D eigenvalue weighted by Gasteiger charge is 2.24. The number of hydrogen-bond acceptors (Lipinski definition) is 2. The van der Waals surface area contributed by atoms with E-state index in [1.807, 2.05) is 0 Å². The van der Waals surface area contributed by atoms with Gasteiger partial charge in [0.15, 0.2) is 0 Å². The second-order valence-electron chi connectivity index (χ2n) is 3.03. The van der Waals surface area contributed by atoms with E-state index in [0.29, 0.717) is 6.08 Å². The first-order valence-corrected chi connectivity index (χ1v) is 5.74. The Morgan fingerprint density at radius 1 is 1.27 bits per heavy atom. The minimum Gasteiger partial charge on any atom is -0.225 e. The van der Waals surface area contributed by atoms with Crippen molar-refractivity contribution in [1.29, 1.82) is 0 Å². The highest BCUT2D eigenvalue weighted by atomic mass is 32.2. The lowest BCUT2D eigenvalue weighted by atomic mass is 10.2. The quantitative estimate of drug-likeness (QED) is 0.802. The van der Waals surface area contributed by atoms with Crippen LogP contribution in [0.3, 0.4) is 0 Å². The van der Waals surface area contributed by atoms with Crippen LogP contribution in [0.15, 0.2) is 41.6 Å². The van der Waals surface area contributed by atoms with Crippen LogP contribution in [0.2, 0.25) is 0 Å². The summed E-state index contributed by atoms with van der Waals surface area (Å²) in [5.41, 5.74) is -1.48. The summed E-state index contributed by atoms with van der Waals surface area (Å²) in [4.78, 5) is -0.154. The van der Waals surface area contributed by atoms with Gasteiger partial charge in [0.2, 0.25) is 15.3 Å². The minimum absolute atomic E-state index is 0.115. The predicted octanol–water partition coefficient (Wildman–Crippen LogP) is 2.55. The molecular weight excluding hydrogens is 222 g/mol. The first-order chi connectivity index (χ1) is 6.98. The van der Waals surface area contributed by atoms with E-state index in [-0.39, 0.29) is 11.2 Å². The summed E-state index contributed by atoms with van der Waals surface area (Å²) in [5, 5.41) is 0. The summed E-state index contributed by atoms with van der Waals surface area (Å²) >= 11 is 0. The maximum atomic E-state index is 13.1. The SMILES string of the molecule is Cc1ccc(S(=O)(=O)C(F)/C=C/F)cc1. The van der Waals surface area contributed by atoms with Gasteiger partial charge in [0.25, 0.3) is 0 Å². The van der Waals surface area contributed by atoms with Crippen LogP contribution in [0.4, 0.5) is 8.78 Å². The van der Waals surface area contributed by atoms with Gasteiger partial charge in [0.1, 0.15) is 0 Å². The summed E-state index contributed by atoms with van der Waals surface area (Å²) in [6, 6.07) is 5.70. The highest BCUT2D eigenvalue weighted by Crippen LogP contribution is 2.18. The number of sulfone groups is 1. The Bertz CT molecular complexity index is 449. The normalized spacial score (nSPS) is 14.3. The third kappa shape index (κ3) is 2.62. The molecule has 0 N–H and O–H groups in total. The van der Waals surface area contributed by atoms with Crippen LogP contribution < -0.4 is 0 Å². The van der Waals surface area contributed by atoms with Crippen LogP contribution in [-0.2, 0) is 9.84 Å². The molecule has 0 saturated heterocycles. The van der Waals surface area contributed by atoms with Crippen LogP contribution in [0.5, 0.6) is 0 Å². The molecule has 0 heterocycles. The van der Waals surface area contributed by atoms with Gasteiger partial charge >= 0.3 is 0 Å². The third-order valence-corrected chi connectivity index (χ3v) is 3.55. The monoisotopic (exact) mass is 232 g/mol. The molecule has 0 aliphatic rings. The summed E-state index contributed by atoms with van der Waals surface area (Å²) in [6.45, 7) is 1.78. The molecule has 0 aromatic heterocycles. The van der Waals surface area contributed by atoms with Crippen molar-refractivity contribution in [3.05, 3.63) is 42.2 Å². The zero-order valence-corrected chi connectivity index (χ0v) is 8.84. The van der Waals surface area contributed by atoms with Gasteiger partial charge in [-0.25, -0.2) is 17.2 Å². The molecule has 0 amide bonds. The fourth-order valence-corrected chi connectivity index (χ4v) is 2.06. The fourth-order valence-electron chi connectivity index (χ4n) is 1.02. The molecule has 0 radical (unpaired) electrons. The van der Waals surface area contributed by atoms with Gasteiger partial charge in [0, 0.05) is 0 Å². The average molecular weight is 232 g/mol. The van der Waals surface area contributed by atoms with Gasteiger partial charge in [-0.1, -0.05) is 17.7 Å². The van der Waals surface area contributed by atoms with Gasteiger partial charge < -0.3 is 0 Å². The lowest BCUT2D eigenvalue weighted by Crippen LogP contribution is -2.13. The van der Waals surface area contributed by atoms with Crippen molar-refractivity contribution in [3.63, 3.8) is 0 Å². The van der Waals surface area contributed by atoms with Crippen molar-refractivity contribution in [2.75, 3.05) is 0 Å². The van der Waals surface area contributed by atoms with E-state index in [9.17, 15) is 17.2 Å². The van der Waals surface area contributed by atoms with E-state index < -0.39 is 15.3 Å². The Balaban J connectivity index is 3.11. The molecule has 1 rings (SSSR count). The molecule has 1 aromatic carbocycles. The molecule has 15 heavy (non-hydrogen) atoms. The lowest BCUT2D eigenvalue weighted by Gasteiger charge is -2.05. The molecule has 1 atom stereocenters. The number of hydrogen-bond donors (Lipinski definition) is 0. The molecule has 1 unspecified atom stereocenters. The second-order valence-corrected chi connectivity index (χ2v) is 5.04. The number of rotatable bonds is 3. The number of halogens is 2. The fraction of sp³-hybridized carbons (Fsp3) is 0.200. The van der Waals surface area contributed by atoms with Crippen molar-refractivity contribution in [2.45, 2.75) is 17.3 Å². The van der Waals surface area contributed by atoms with E-state index in [0.717, 1.165) is 5.56 Å². The van der Waals surface area contributed by atoms with Gasteiger partial charge in [0.05, 0.1) is 11.2 Å². The average Bonchev–Trinajstić information content (AvgIpc) is 2.18. The Kier molecular flexibility index (Phi) is 3.57. The van der Waals surface area contributed by atoms with Crippen molar-refractivity contribution in [3.8, 4) is 0 Å². The summed E-state index contributed by atoms with van der Waals surface area (Å²) < 4.78 is 47.6. The molecule has 0 fully saturated rings. The van der Waals surface area contributed by atoms with Gasteiger partial charge in [-0.3, -0.25) is 0 Å². The smallest absolute Gasteiger partial charge is 0.225 e. The molecule has 1 aromatic rings. The van der Waals surface area contributed by atoms with Crippen molar-refractivity contribution in [2.24, 2.45) is 0 Å². The highest BCUT2D eigenvalue weighted by molar-refractivity contribution is 7.92. The van der Waals surface area contributed by atoms with E-state index >= 15 is 0 Å². The first kappa shape index (κ1) is 11.8. The van der Waals surface area contributed by atoms with Crippen LogP contribution in [0.25, 0.3) is 0 Å². The Morgan fingerprint density at radius 3 is 2.27 bits per heavy atom. The van der Waals surface area contributed by atoms with Crippen molar-refractivity contribution in [1.82, 2.24) is 0 Å². The maximum Gasteiger partial charge on any atom is 0.226 e. The molecule has 0 spiro atoms. The third-order valence-electron chi connectivity index (χ3n) is 1.87. The van der Waals surface area contributed by atoms with Gasteiger partial charge in [-0.05, 0) is 25.1 Å².